The lowest BCUT2D eigenvalue weighted by Crippen LogP contribution is -2.37. The number of hydrogen-bond acceptors (Lipinski definition) is 5. The van der Waals surface area contributed by atoms with E-state index >= 15 is 0 Å². The molecule has 4 rings (SSSR count). The molecule has 1 aliphatic heterocycles. The fourth-order valence-electron chi connectivity index (χ4n) is 4.04. The molecule has 0 bridgehead atoms. The average Bonchev–Trinajstić information content (AvgIpc) is 3.42. The van der Waals surface area contributed by atoms with E-state index in [-0.39, 0.29) is 5.91 Å². The van der Waals surface area contributed by atoms with Gasteiger partial charge in [-0.05, 0) is 54.8 Å². The van der Waals surface area contributed by atoms with Crippen LogP contribution in [0, 0.1) is 0 Å². The zero-order valence-corrected chi connectivity index (χ0v) is 20.9. The Labute approximate surface area is 211 Å². The summed E-state index contributed by atoms with van der Waals surface area (Å²) in [5.74, 6) is -0.115. The summed E-state index contributed by atoms with van der Waals surface area (Å²) in [6.45, 7) is 1.32. The van der Waals surface area contributed by atoms with Gasteiger partial charge in [0.1, 0.15) is 18.9 Å². The van der Waals surface area contributed by atoms with Crippen LogP contribution in [-0.2, 0) is 21.4 Å². The minimum Gasteiger partial charge on any atom is -0.489 e. The van der Waals surface area contributed by atoms with Crippen molar-refractivity contribution in [3.05, 3.63) is 90.0 Å². The fourth-order valence-corrected chi connectivity index (χ4v) is 4.90. The smallest absolute Gasteiger partial charge is 0.255 e. The summed E-state index contributed by atoms with van der Waals surface area (Å²) in [6, 6.07) is 23.0. The minimum absolute atomic E-state index is 0.144. The molecule has 0 spiro atoms. The maximum Gasteiger partial charge on any atom is 0.255 e. The molecule has 0 radical (unpaired) electrons. The third kappa shape index (κ3) is 6.42. The van der Waals surface area contributed by atoms with E-state index in [1.54, 1.807) is 53.4 Å². The van der Waals surface area contributed by atoms with Gasteiger partial charge >= 0.3 is 0 Å². The second-order valence-corrected chi connectivity index (χ2v) is 10.5. The predicted molar refractivity (Wildman–Crippen MR) is 140 cm³/mol. The number of para-hydroxylation sites is 1. The fraction of sp³-hybridized carbons (Fsp3) is 0.259. The third-order valence-corrected chi connectivity index (χ3v) is 7.03. The highest BCUT2D eigenvalue weighted by atomic mass is 32.2. The highest BCUT2D eigenvalue weighted by molar-refractivity contribution is 7.92. The Hall–Kier alpha value is -3.85. The lowest BCUT2D eigenvalue weighted by atomic mass is 10.1. The van der Waals surface area contributed by atoms with Gasteiger partial charge in [0.15, 0.2) is 0 Å². The van der Waals surface area contributed by atoms with Crippen LogP contribution in [0.5, 0.6) is 5.75 Å². The first kappa shape index (κ1) is 25.2. The SMILES string of the molecule is CS(=O)(=O)N(CC(=O)Nc1ccccc1C(=O)N1CCCC1)c1ccc(OCc2ccccc2)cc1. The first-order valence-electron chi connectivity index (χ1n) is 11.7. The van der Waals surface area contributed by atoms with Crippen LogP contribution in [-0.4, -0.2) is 51.0 Å². The van der Waals surface area contributed by atoms with Crippen LogP contribution in [0.3, 0.4) is 0 Å². The third-order valence-electron chi connectivity index (χ3n) is 5.89. The molecule has 0 atom stereocenters. The van der Waals surface area contributed by atoms with Crippen molar-refractivity contribution in [3.63, 3.8) is 0 Å². The number of nitrogens with zero attached hydrogens (tertiary/aromatic N) is 2. The summed E-state index contributed by atoms with van der Waals surface area (Å²) in [6.07, 6.45) is 2.96. The van der Waals surface area contributed by atoms with Crippen LogP contribution >= 0.6 is 0 Å². The number of likely N-dealkylation sites (tertiary alicyclic amines) is 1. The second-order valence-electron chi connectivity index (χ2n) is 8.63. The summed E-state index contributed by atoms with van der Waals surface area (Å²) >= 11 is 0. The Balaban J connectivity index is 1.44. The highest BCUT2D eigenvalue weighted by Gasteiger charge is 2.24. The quantitative estimate of drug-likeness (QED) is 0.474. The Morgan fingerprint density at radius 2 is 1.56 bits per heavy atom. The van der Waals surface area contributed by atoms with Gasteiger partial charge < -0.3 is 15.0 Å². The molecule has 36 heavy (non-hydrogen) atoms. The van der Waals surface area contributed by atoms with Crippen molar-refractivity contribution in [2.45, 2.75) is 19.4 Å². The van der Waals surface area contributed by atoms with Gasteiger partial charge in [0.05, 0.1) is 23.2 Å². The molecule has 1 saturated heterocycles. The summed E-state index contributed by atoms with van der Waals surface area (Å²) in [7, 11) is -3.76. The molecule has 3 aromatic carbocycles. The second kappa shape index (κ2) is 11.3. The molecule has 0 unspecified atom stereocenters. The molecule has 0 aliphatic carbocycles. The zero-order chi connectivity index (χ0) is 25.5. The lowest BCUT2D eigenvalue weighted by molar-refractivity contribution is -0.114. The van der Waals surface area contributed by atoms with E-state index in [9.17, 15) is 18.0 Å². The van der Waals surface area contributed by atoms with Crippen molar-refractivity contribution < 1.29 is 22.7 Å². The van der Waals surface area contributed by atoms with Crippen molar-refractivity contribution in [1.82, 2.24) is 4.90 Å². The first-order valence-corrected chi connectivity index (χ1v) is 13.6. The minimum atomic E-state index is -3.76. The monoisotopic (exact) mass is 507 g/mol. The molecular formula is C27H29N3O5S. The predicted octanol–water partition coefficient (Wildman–Crippen LogP) is 3.91. The summed E-state index contributed by atoms with van der Waals surface area (Å²) in [5, 5.41) is 2.72. The van der Waals surface area contributed by atoms with Crippen LogP contribution < -0.4 is 14.4 Å². The Kier molecular flexibility index (Phi) is 7.90. The standard InChI is InChI=1S/C27H29N3O5S/c1-36(33,34)30(22-13-15-23(16-14-22)35-20-21-9-3-2-4-10-21)19-26(31)28-25-12-6-5-11-24(25)27(32)29-17-7-8-18-29/h2-6,9-16H,7-8,17-20H2,1H3,(H,28,31). The molecule has 0 saturated carbocycles. The van der Waals surface area contributed by atoms with Crippen molar-refractivity contribution >= 4 is 33.2 Å². The highest BCUT2D eigenvalue weighted by Crippen LogP contribution is 2.24. The summed E-state index contributed by atoms with van der Waals surface area (Å²) in [4.78, 5) is 27.5. The molecule has 0 aromatic heterocycles. The van der Waals surface area contributed by atoms with Gasteiger partial charge in [0.25, 0.3) is 5.91 Å². The number of carbonyl (C=O) groups excluding carboxylic acids is 2. The number of ether oxygens (including phenoxy) is 1. The topological polar surface area (TPSA) is 96.0 Å². The molecular weight excluding hydrogens is 478 g/mol. The van der Waals surface area contributed by atoms with Crippen molar-refractivity contribution in [3.8, 4) is 5.75 Å². The number of rotatable bonds is 9. The molecule has 1 aliphatic rings. The number of sulfonamides is 1. The number of amides is 2. The van der Waals surface area contributed by atoms with E-state index in [0.29, 0.717) is 42.4 Å². The van der Waals surface area contributed by atoms with Gasteiger partial charge in [-0.2, -0.15) is 0 Å². The van der Waals surface area contributed by atoms with Crippen molar-refractivity contribution in [2.24, 2.45) is 0 Å². The van der Waals surface area contributed by atoms with Gasteiger partial charge in [-0.1, -0.05) is 42.5 Å². The Morgan fingerprint density at radius 3 is 2.22 bits per heavy atom. The Bertz CT molecular complexity index is 1300. The van der Waals surface area contributed by atoms with Crippen molar-refractivity contribution in [2.75, 3.05) is 35.5 Å². The van der Waals surface area contributed by atoms with Gasteiger partial charge in [-0.3, -0.25) is 13.9 Å². The summed E-state index contributed by atoms with van der Waals surface area (Å²) in [5.41, 5.74) is 2.09. The van der Waals surface area contributed by atoms with Crippen LogP contribution in [0.1, 0.15) is 28.8 Å². The van der Waals surface area contributed by atoms with Crippen LogP contribution in [0.25, 0.3) is 0 Å². The molecule has 1 N–H and O–H groups in total. The lowest BCUT2D eigenvalue weighted by Gasteiger charge is -2.23. The van der Waals surface area contributed by atoms with Gasteiger partial charge in [0.2, 0.25) is 15.9 Å². The van der Waals surface area contributed by atoms with E-state index in [1.165, 1.54) is 0 Å². The molecule has 8 nitrogen and oxygen atoms in total. The maximum atomic E-state index is 12.9. The van der Waals surface area contributed by atoms with Gasteiger partial charge in [0, 0.05) is 13.1 Å². The number of nitrogens with one attached hydrogen (secondary N) is 1. The number of hydrogen-bond donors (Lipinski definition) is 1. The number of carbonyl (C=O) groups is 2. The average molecular weight is 508 g/mol. The summed E-state index contributed by atoms with van der Waals surface area (Å²) < 4.78 is 31.8. The zero-order valence-electron chi connectivity index (χ0n) is 20.1. The maximum absolute atomic E-state index is 12.9. The molecule has 1 fully saturated rings. The Morgan fingerprint density at radius 1 is 0.917 bits per heavy atom. The van der Waals surface area contributed by atoms with E-state index in [0.717, 1.165) is 29.0 Å². The van der Waals surface area contributed by atoms with Crippen LogP contribution in [0.4, 0.5) is 11.4 Å². The number of anilines is 2. The van der Waals surface area contributed by atoms with E-state index < -0.39 is 22.5 Å². The van der Waals surface area contributed by atoms with E-state index in [1.807, 2.05) is 30.3 Å². The van der Waals surface area contributed by atoms with Crippen LogP contribution in [0.15, 0.2) is 78.9 Å². The van der Waals surface area contributed by atoms with Crippen molar-refractivity contribution in [1.29, 1.82) is 0 Å². The van der Waals surface area contributed by atoms with E-state index in [2.05, 4.69) is 5.32 Å². The van der Waals surface area contributed by atoms with Crippen LogP contribution in [0.2, 0.25) is 0 Å². The normalized spacial score (nSPS) is 13.3. The molecule has 9 heteroatoms. The molecule has 1 heterocycles. The van der Waals surface area contributed by atoms with Gasteiger partial charge in [-0.15, -0.1) is 0 Å². The van der Waals surface area contributed by atoms with Gasteiger partial charge in [-0.25, -0.2) is 8.42 Å². The molecule has 188 valence electrons. The first-order chi connectivity index (χ1) is 17.3. The molecule has 3 aromatic rings. The molecule has 2 amide bonds. The number of benzene rings is 3. The largest absolute Gasteiger partial charge is 0.489 e. The van der Waals surface area contributed by atoms with E-state index in [4.69, 9.17) is 4.74 Å².